The van der Waals surface area contributed by atoms with Crippen LogP contribution < -0.4 is 11.1 Å². The highest BCUT2D eigenvalue weighted by molar-refractivity contribution is 5.56. The van der Waals surface area contributed by atoms with Gasteiger partial charge in [0.15, 0.2) is 11.6 Å². The van der Waals surface area contributed by atoms with Crippen LogP contribution in [0, 0.1) is 5.41 Å². The number of nitrogen functional groups attached to an aromatic ring is 1. The summed E-state index contributed by atoms with van der Waals surface area (Å²) in [5, 5.41) is 3.32. The van der Waals surface area contributed by atoms with Gasteiger partial charge in [-0.3, -0.25) is 0 Å². The van der Waals surface area contributed by atoms with Crippen LogP contribution in [0.25, 0.3) is 0 Å². The molecule has 1 aliphatic rings. The van der Waals surface area contributed by atoms with Crippen molar-refractivity contribution in [3.8, 4) is 0 Å². The maximum Gasteiger partial charge on any atom is 0.169 e. The second-order valence-corrected chi connectivity index (χ2v) is 4.77. The number of methoxy groups -OCH3 is 1. The monoisotopic (exact) mass is 222 g/mol. The zero-order valence-corrected chi connectivity index (χ0v) is 9.90. The summed E-state index contributed by atoms with van der Waals surface area (Å²) in [6.07, 6.45) is 4.49. The van der Waals surface area contributed by atoms with Gasteiger partial charge in [-0.05, 0) is 6.42 Å². The van der Waals surface area contributed by atoms with E-state index in [1.165, 1.54) is 0 Å². The van der Waals surface area contributed by atoms with Gasteiger partial charge < -0.3 is 15.8 Å². The summed E-state index contributed by atoms with van der Waals surface area (Å²) in [5.41, 5.74) is 5.83. The fraction of sp³-hybridized carbons (Fsp3) is 0.636. The number of ether oxygens (including phenoxy) is 1. The molecule has 0 aliphatic heterocycles. The SMILES string of the molecule is COC1CC(Nc2nccnc2N)C1(C)C. The van der Waals surface area contributed by atoms with Gasteiger partial charge in [0.1, 0.15) is 0 Å². The van der Waals surface area contributed by atoms with E-state index < -0.39 is 0 Å². The largest absolute Gasteiger partial charge is 0.381 e. The van der Waals surface area contributed by atoms with Crippen LogP contribution >= 0.6 is 0 Å². The standard InChI is InChI=1S/C11H18N4O/c1-11(2)7(6-8(11)16-3)15-10-9(12)13-4-5-14-10/h4-5,7-8H,6H2,1-3H3,(H2,12,13)(H,14,15). The highest BCUT2D eigenvalue weighted by Crippen LogP contribution is 2.44. The van der Waals surface area contributed by atoms with E-state index >= 15 is 0 Å². The molecule has 0 saturated heterocycles. The van der Waals surface area contributed by atoms with Crippen molar-refractivity contribution in [1.29, 1.82) is 0 Å². The lowest BCUT2D eigenvalue weighted by Crippen LogP contribution is -2.57. The summed E-state index contributed by atoms with van der Waals surface area (Å²) in [6.45, 7) is 4.35. The molecule has 0 amide bonds. The van der Waals surface area contributed by atoms with Crippen LogP contribution in [0.5, 0.6) is 0 Å². The van der Waals surface area contributed by atoms with Crippen molar-refractivity contribution in [2.24, 2.45) is 5.41 Å². The Balaban J connectivity index is 2.05. The third-order valence-electron chi connectivity index (χ3n) is 3.50. The predicted octanol–water partition coefficient (Wildman–Crippen LogP) is 1.28. The highest BCUT2D eigenvalue weighted by atomic mass is 16.5. The number of anilines is 2. The van der Waals surface area contributed by atoms with Crippen molar-refractivity contribution in [1.82, 2.24) is 9.97 Å². The Bertz CT molecular complexity index is 380. The Hall–Kier alpha value is -1.36. The molecule has 0 spiro atoms. The lowest BCUT2D eigenvalue weighted by atomic mass is 9.64. The molecule has 2 atom stereocenters. The number of nitrogens with one attached hydrogen (secondary N) is 1. The summed E-state index contributed by atoms with van der Waals surface area (Å²) in [4.78, 5) is 8.18. The lowest BCUT2D eigenvalue weighted by Gasteiger charge is -2.51. The van der Waals surface area contributed by atoms with Gasteiger partial charge in [-0.1, -0.05) is 13.8 Å². The second kappa shape index (κ2) is 3.90. The number of rotatable bonds is 3. The first-order valence-corrected chi connectivity index (χ1v) is 5.41. The Morgan fingerprint density at radius 1 is 1.44 bits per heavy atom. The molecular formula is C11H18N4O. The number of hydrogen-bond donors (Lipinski definition) is 2. The normalized spacial score (nSPS) is 27.2. The molecule has 1 fully saturated rings. The molecule has 0 radical (unpaired) electrons. The molecule has 88 valence electrons. The first-order chi connectivity index (χ1) is 7.55. The third-order valence-corrected chi connectivity index (χ3v) is 3.50. The Labute approximate surface area is 95.4 Å². The Kier molecular flexibility index (Phi) is 2.71. The minimum Gasteiger partial charge on any atom is -0.381 e. The summed E-state index contributed by atoms with van der Waals surface area (Å²) >= 11 is 0. The maximum atomic E-state index is 5.74. The quantitative estimate of drug-likeness (QED) is 0.806. The molecule has 5 nitrogen and oxygen atoms in total. The summed E-state index contributed by atoms with van der Waals surface area (Å²) < 4.78 is 5.39. The molecule has 1 saturated carbocycles. The zero-order chi connectivity index (χ0) is 11.8. The molecule has 0 aromatic carbocycles. The van der Waals surface area contributed by atoms with E-state index in [-0.39, 0.29) is 5.41 Å². The van der Waals surface area contributed by atoms with Gasteiger partial charge in [-0.15, -0.1) is 0 Å². The molecule has 1 heterocycles. The molecule has 3 N–H and O–H groups in total. The number of hydrogen-bond acceptors (Lipinski definition) is 5. The molecule has 1 aromatic heterocycles. The van der Waals surface area contributed by atoms with Gasteiger partial charge >= 0.3 is 0 Å². The van der Waals surface area contributed by atoms with Gasteiger partial charge in [0, 0.05) is 31.0 Å². The predicted molar refractivity (Wildman–Crippen MR) is 63.1 cm³/mol. The highest BCUT2D eigenvalue weighted by Gasteiger charge is 2.48. The first-order valence-electron chi connectivity index (χ1n) is 5.41. The number of aromatic nitrogens is 2. The van der Waals surface area contributed by atoms with Crippen LogP contribution in [0.15, 0.2) is 12.4 Å². The van der Waals surface area contributed by atoms with Gasteiger partial charge in [0.05, 0.1) is 6.10 Å². The molecular weight excluding hydrogens is 204 g/mol. The molecule has 2 rings (SSSR count). The van der Waals surface area contributed by atoms with E-state index in [0.29, 0.717) is 23.8 Å². The van der Waals surface area contributed by atoms with Crippen LogP contribution in [0.3, 0.4) is 0 Å². The lowest BCUT2D eigenvalue weighted by molar-refractivity contribution is -0.0795. The van der Waals surface area contributed by atoms with E-state index in [4.69, 9.17) is 10.5 Å². The van der Waals surface area contributed by atoms with Crippen molar-refractivity contribution in [3.05, 3.63) is 12.4 Å². The zero-order valence-electron chi connectivity index (χ0n) is 9.90. The van der Waals surface area contributed by atoms with Gasteiger partial charge in [-0.2, -0.15) is 0 Å². The molecule has 16 heavy (non-hydrogen) atoms. The minimum atomic E-state index is 0.0959. The Morgan fingerprint density at radius 2 is 2.12 bits per heavy atom. The molecule has 2 unspecified atom stereocenters. The van der Waals surface area contributed by atoms with Crippen molar-refractivity contribution < 1.29 is 4.74 Å². The molecule has 1 aliphatic carbocycles. The van der Waals surface area contributed by atoms with E-state index in [1.54, 1.807) is 19.5 Å². The van der Waals surface area contributed by atoms with Crippen molar-refractivity contribution in [2.75, 3.05) is 18.2 Å². The van der Waals surface area contributed by atoms with Crippen molar-refractivity contribution >= 4 is 11.6 Å². The average molecular weight is 222 g/mol. The van der Waals surface area contributed by atoms with Crippen LogP contribution in [-0.4, -0.2) is 29.2 Å². The molecule has 0 bridgehead atoms. The van der Waals surface area contributed by atoms with E-state index in [1.807, 2.05) is 0 Å². The van der Waals surface area contributed by atoms with E-state index in [2.05, 4.69) is 29.1 Å². The smallest absolute Gasteiger partial charge is 0.169 e. The summed E-state index contributed by atoms with van der Waals surface area (Å²) in [5.74, 6) is 1.11. The number of nitrogens with two attached hydrogens (primary N) is 1. The molecule has 5 heteroatoms. The average Bonchev–Trinajstić information content (AvgIpc) is 2.26. The van der Waals surface area contributed by atoms with Crippen LogP contribution in [0.1, 0.15) is 20.3 Å². The first kappa shape index (κ1) is 11.1. The van der Waals surface area contributed by atoms with Gasteiger partial charge in [0.2, 0.25) is 0 Å². The van der Waals surface area contributed by atoms with Crippen molar-refractivity contribution in [2.45, 2.75) is 32.4 Å². The van der Waals surface area contributed by atoms with Crippen molar-refractivity contribution in [3.63, 3.8) is 0 Å². The molecule has 1 aromatic rings. The fourth-order valence-electron chi connectivity index (χ4n) is 2.16. The van der Waals surface area contributed by atoms with E-state index in [9.17, 15) is 0 Å². The summed E-state index contributed by atoms with van der Waals surface area (Å²) in [6, 6.07) is 0.330. The Morgan fingerprint density at radius 3 is 2.69 bits per heavy atom. The fourth-order valence-corrected chi connectivity index (χ4v) is 2.16. The summed E-state index contributed by atoms with van der Waals surface area (Å²) in [7, 11) is 1.75. The van der Waals surface area contributed by atoms with E-state index in [0.717, 1.165) is 6.42 Å². The third kappa shape index (κ3) is 1.71. The van der Waals surface area contributed by atoms with Gasteiger partial charge in [0.25, 0.3) is 0 Å². The van der Waals surface area contributed by atoms with Crippen LogP contribution in [0.4, 0.5) is 11.6 Å². The second-order valence-electron chi connectivity index (χ2n) is 4.77. The minimum absolute atomic E-state index is 0.0959. The van der Waals surface area contributed by atoms with Crippen LogP contribution in [-0.2, 0) is 4.74 Å². The maximum absolute atomic E-state index is 5.74. The van der Waals surface area contributed by atoms with Crippen LogP contribution in [0.2, 0.25) is 0 Å². The van der Waals surface area contributed by atoms with Gasteiger partial charge in [-0.25, -0.2) is 9.97 Å². The number of nitrogens with zero attached hydrogens (tertiary/aromatic N) is 2. The topological polar surface area (TPSA) is 73.1 Å².